The fourth-order valence-corrected chi connectivity index (χ4v) is 3.01. The van der Waals surface area contributed by atoms with Gasteiger partial charge in [-0.3, -0.25) is 4.79 Å². The van der Waals surface area contributed by atoms with E-state index in [9.17, 15) is 4.79 Å². The highest BCUT2D eigenvalue weighted by Crippen LogP contribution is 2.51. The molecule has 2 aliphatic rings. The third-order valence-corrected chi connectivity index (χ3v) is 4.10. The van der Waals surface area contributed by atoms with E-state index in [-0.39, 0.29) is 17.8 Å². The minimum absolute atomic E-state index is 0. The van der Waals surface area contributed by atoms with Crippen molar-refractivity contribution in [3.8, 4) is 0 Å². The molecule has 0 aromatic carbocycles. The van der Waals surface area contributed by atoms with Gasteiger partial charge in [0.2, 0.25) is 5.91 Å². The molecular weight excluding hydrogens is 236 g/mol. The molecule has 1 atom stereocenters. The highest BCUT2D eigenvalue weighted by molar-refractivity contribution is 5.85. The summed E-state index contributed by atoms with van der Waals surface area (Å²) < 4.78 is 0. The molecule has 2 rings (SSSR count). The highest BCUT2D eigenvalue weighted by atomic mass is 35.5. The van der Waals surface area contributed by atoms with Crippen molar-refractivity contribution in [1.82, 2.24) is 10.2 Å². The Morgan fingerprint density at radius 1 is 1.47 bits per heavy atom. The first kappa shape index (κ1) is 14.8. The lowest BCUT2D eigenvalue weighted by Crippen LogP contribution is -2.36. The fraction of sp³-hybridized carbons (Fsp3) is 0.923. The van der Waals surface area contributed by atoms with Crippen molar-refractivity contribution in [2.45, 2.75) is 39.0 Å². The molecule has 1 aliphatic carbocycles. The van der Waals surface area contributed by atoms with Gasteiger partial charge in [-0.05, 0) is 45.2 Å². The van der Waals surface area contributed by atoms with E-state index in [2.05, 4.69) is 17.1 Å². The minimum atomic E-state index is 0. The van der Waals surface area contributed by atoms with Crippen molar-refractivity contribution in [3.05, 3.63) is 0 Å². The summed E-state index contributed by atoms with van der Waals surface area (Å²) in [6.07, 6.45) is 5.67. The van der Waals surface area contributed by atoms with Crippen molar-refractivity contribution in [2.24, 2.45) is 11.3 Å². The van der Waals surface area contributed by atoms with E-state index in [0.717, 1.165) is 45.3 Å². The Kier molecular flexibility index (Phi) is 5.26. The fourth-order valence-electron chi connectivity index (χ4n) is 3.01. The van der Waals surface area contributed by atoms with Crippen LogP contribution in [-0.2, 0) is 4.79 Å². The molecule has 1 N–H and O–H groups in total. The number of nitrogens with zero attached hydrogens (tertiary/aromatic N) is 1. The summed E-state index contributed by atoms with van der Waals surface area (Å²) in [5.41, 5.74) is 0.0727. The number of hydrogen-bond donors (Lipinski definition) is 1. The predicted molar refractivity (Wildman–Crippen MR) is 72.4 cm³/mol. The molecule has 0 aromatic heterocycles. The molecule has 1 heterocycles. The normalized spacial score (nSPS) is 25.5. The maximum atomic E-state index is 12.4. The molecule has 0 radical (unpaired) electrons. The Bertz CT molecular complexity index is 266. The van der Waals surface area contributed by atoms with Crippen LogP contribution in [0.5, 0.6) is 0 Å². The van der Waals surface area contributed by atoms with Crippen molar-refractivity contribution in [3.63, 3.8) is 0 Å². The van der Waals surface area contributed by atoms with Gasteiger partial charge in [0.05, 0.1) is 0 Å². The number of rotatable bonds is 5. The Morgan fingerprint density at radius 2 is 2.18 bits per heavy atom. The molecule has 1 saturated heterocycles. The first-order valence-electron chi connectivity index (χ1n) is 6.66. The molecule has 0 spiro atoms. The summed E-state index contributed by atoms with van der Waals surface area (Å²) in [6.45, 7) is 5.19. The molecule has 3 nitrogen and oxygen atoms in total. The number of halogens is 1. The second-order valence-corrected chi connectivity index (χ2v) is 5.49. The molecule has 17 heavy (non-hydrogen) atoms. The number of hydrogen-bond acceptors (Lipinski definition) is 2. The maximum absolute atomic E-state index is 12.4. The Labute approximate surface area is 111 Å². The quantitative estimate of drug-likeness (QED) is 0.821. The van der Waals surface area contributed by atoms with E-state index < -0.39 is 0 Å². The van der Waals surface area contributed by atoms with E-state index >= 15 is 0 Å². The lowest BCUT2D eigenvalue weighted by atomic mass is 9.99. The predicted octanol–water partition coefficient (Wildman–Crippen LogP) is 2.06. The Hall–Kier alpha value is -0.280. The number of nitrogens with one attached hydrogen (secondary N) is 1. The van der Waals surface area contributed by atoms with Crippen LogP contribution in [0.1, 0.15) is 39.0 Å². The number of carbonyl (C=O) groups is 1. The van der Waals surface area contributed by atoms with E-state index in [1.165, 1.54) is 6.42 Å². The van der Waals surface area contributed by atoms with Crippen LogP contribution < -0.4 is 5.32 Å². The zero-order valence-corrected chi connectivity index (χ0v) is 11.8. The zero-order chi connectivity index (χ0) is 11.6. The van der Waals surface area contributed by atoms with Gasteiger partial charge >= 0.3 is 0 Å². The summed E-state index contributed by atoms with van der Waals surface area (Å²) in [4.78, 5) is 14.5. The summed E-state index contributed by atoms with van der Waals surface area (Å²) >= 11 is 0. The highest BCUT2D eigenvalue weighted by Gasteiger charge is 2.51. The minimum Gasteiger partial charge on any atom is -0.342 e. The maximum Gasteiger partial charge on any atom is 0.228 e. The molecule has 1 aliphatic heterocycles. The topological polar surface area (TPSA) is 32.3 Å². The van der Waals surface area contributed by atoms with Crippen LogP contribution in [0.4, 0.5) is 0 Å². The Balaban J connectivity index is 0.00000144. The molecule has 0 aromatic rings. The van der Waals surface area contributed by atoms with Crippen molar-refractivity contribution in [2.75, 3.05) is 26.7 Å². The van der Waals surface area contributed by atoms with Crippen LogP contribution in [-0.4, -0.2) is 37.5 Å². The van der Waals surface area contributed by atoms with Crippen LogP contribution in [0.3, 0.4) is 0 Å². The zero-order valence-electron chi connectivity index (χ0n) is 11.0. The van der Waals surface area contributed by atoms with Gasteiger partial charge in [-0.2, -0.15) is 0 Å². The van der Waals surface area contributed by atoms with Crippen molar-refractivity contribution < 1.29 is 4.79 Å². The molecule has 1 saturated carbocycles. The first-order chi connectivity index (χ1) is 7.72. The van der Waals surface area contributed by atoms with E-state index in [1.54, 1.807) is 0 Å². The van der Waals surface area contributed by atoms with E-state index in [4.69, 9.17) is 0 Å². The smallest absolute Gasteiger partial charge is 0.228 e. The third kappa shape index (κ3) is 3.14. The second kappa shape index (κ2) is 6.05. The molecule has 2 fully saturated rings. The molecule has 1 unspecified atom stereocenters. The van der Waals surface area contributed by atoms with E-state index in [0.29, 0.717) is 11.8 Å². The number of amides is 1. The first-order valence-corrected chi connectivity index (χ1v) is 6.66. The molecule has 100 valence electrons. The second-order valence-electron chi connectivity index (χ2n) is 5.49. The average molecular weight is 261 g/mol. The Morgan fingerprint density at radius 3 is 2.71 bits per heavy atom. The van der Waals surface area contributed by atoms with Gasteiger partial charge in [-0.1, -0.05) is 13.3 Å². The summed E-state index contributed by atoms with van der Waals surface area (Å²) in [5, 5.41) is 3.21. The van der Waals surface area contributed by atoms with Crippen LogP contribution in [0.25, 0.3) is 0 Å². The SMILES string of the molecule is CCCC1(C(=O)N2CCC(CNC)C2)CC1.Cl. The molecule has 0 bridgehead atoms. The molecular formula is C13H25ClN2O. The summed E-state index contributed by atoms with van der Waals surface area (Å²) in [5.74, 6) is 1.12. The monoisotopic (exact) mass is 260 g/mol. The largest absolute Gasteiger partial charge is 0.342 e. The summed E-state index contributed by atoms with van der Waals surface area (Å²) in [6, 6.07) is 0. The molecule has 1 amide bonds. The van der Waals surface area contributed by atoms with Gasteiger partial charge in [0, 0.05) is 18.5 Å². The summed E-state index contributed by atoms with van der Waals surface area (Å²) in [7, 11) is 1.99. The van der Waals surface area contributed by atoms with Crippen LogP contribution in [0.2, 0.25) is 0 Å². The standard InChI is InChI=1S/C13H24N2O.ClH/c1-3-5-13(6-7-13)12(16)15-8-4-11(10-15)9-14-2;/h11,14H,3-10H2,1-2H3;1H. The number of likely N-dealkylation sites (tertiary alicyclic amines) is 1. The van der Waals surface area contributed by atoms with Gasteiger partial charge in [0.1, 0.15) is 0 Å². The molecule has 4 heteroatoms. The lowest BCUT2D eigenvalue weighted by Gasteiger charge is -2.23. The van der Waals surface area contributed by atoms with Crippen molar-refractivity contribution >= 4 is 18.3 Å². The third-order valence-electron chi connectivity index (χ3n) is 4.10. The number of carbonyl (C=O) groups excluding carboxylic acids is 1. The van der Waals surface area contributed by atoms with Gasteiger partial charge < -0.3 is 10.2 Å². The van der Waals surface area contributed by atoms with Crippen LogP contribution in [0.15, 0.2) is 0 Å². The van der Waals surface area contributed by atoms with E-state index in [1.807, 2.05) is 7.05 Å². The van der Waals surface area contributed by atoms with Gasteiger partial charge in [-0.15, -0.1) is 12.4 Å². The van der Waals surface area contributed by atoms with Crippen molar-refractivity contribution in [1.29, 1.82) is 0 Å². The lowest BCUT2D eigenvalue weighted by molar-refractivity contribution is -0.136. The average Bonchev–Trinajstić information content (AvgIpc) is 2.90. The van der Waals surface area contributed by atoms with Gasteiger partial charge in [-0.25, -0.2) is 0 Å². The van der Waals surface area contributed by atoms with Gasteiger partial charge in [0.25, 0.3) is 0 Å². The van der Waals surface area contributed by atoms with Gasteiger partial charge in [0.15, 0.2) is 0 Å². The van der Waals surface area contributed by atoms with Crippen LogP contribution in [0, 0.1) is 11.3 Å². The van der Waals surface area contributed by atoms with Crippen LogP contribution >= 0.6 is 12.4 Å².